The number of carboxylic acid groups (broad SMARTS) is 1. The van der Waals surface area contributed by atoms with Crippen LogP contribution in [-0.2, 0) is 14.4 Å². The van der Waals surface area contributed by atoms with Gasteiger partial charge < -0.3 is 31.1 Å². The van der Waals surface area contributed by atoms with E-state index in [0.29, 0.717) is 6.42 Å². The van der Waals surface area contributed by atoms with Crippen LogP contribution in [-0.4, -0.2) is 77.8 Å². The molecule has 26 heavy (non-hydrogen) atoms. The smallest absolute Gasteiger partial charge is 0.404 e. The molecule has 0 aromatic rings. The van der Waals surface area contributed by atoms with Crippen LogP contribution in [0.25, 0.3) is 0 Å². The lowest BCUT2D eigenvalue weighted by atomic mass is 10.0. The average molecular weight is 374 g/mol. The molecule has 0 saturated carbocycles. The Morgan fingerprint density at radius 3 is 2.08 bits per heavy atom. The summed E-state index contributed by atoms with van der Waals surface area (Å²) in [5, 5.41) is 25.6. The number of rotatable bonds is 10. The molecule has 0 aromatic heterocycles. The molecule has 10 heteroatoms. The molecule has 0 rings (SSSR count). The lowest BCUT2D eigenvalue weighted by molar-refractivity contribution is -0.136. The third-order valence-corrected chi connectivity index (χ3v) is 3.67. The molecular weight excluding hydrogens is 344 g/mol. The van der Waals surface area contributed by atoms with E-state index in [0.717, 1.165) is 0 Å². The summed E-state index contributed by atoms with van der Waals surface area (Å²) < 4.78 is 0. The van der Waals surface area contributed by atoms with Crippen LogP contribution in [0.1, 0.15) is 33.6 Å². The van der Waals surface area contributed by atoms with Gasteiger partial charge in [0.05, 0.1) is 12.6 Å². The molecule has 3 atom stereocenters. The van der Waals surface area contributed by atoms with Gasteiger partial charge in [-0.1, -0.05) is 27.2 Å². The van der Waals surface area contributed by atoms with E-state index < -0.39 is 42.6 Å². The second-order valence-electron chi connectivity index (χ2n) is 6.53. The van der Waals surface area contributed by atoms with E-state index in [1.54, 1.807) is 34.9 Å². The van der Waals surface area contributed by atoms with Gasteiger partial charge in [-0.25, -0.2) is 4.79 Å². The van der Waals surface area contributed by atoms with Crippen LogP contribution >= 0.6 is 0 Å². The summed E-state index contributed by atoms with van der Waals surface area (Å²) in [4.78, 5) is 48.1. The Morgan fingerprint density at radius 1 is 1.08 bits per heavy atom. The van der Waals surface area contributed by atoms with Crippen LogP contribution in [0.3, 0.4) is 0 Å². The molecule has 0 fully saturated rings. The van der Waals surface area contributed by atoms with Gasteiger partial charge in [0.1, 0.15) is 6.04 Å². The van der Waals surface area contributed by atoms with Crippen molar-refractivity contribution >= 4 is 23.8 Å². The van der Waals surface area contributed by atoms with Gasteiger partial charge in [0.15, 0.2) is 6.10 Å². The van der Waals surface area contributed by atoms with Gasteiger partial charge in [-0.2, -0.15) is 0 Å². The van der Waals surface area contributed by atoms with E-state index in [1.165, 1.54) is 4.90 Å². The molecule has 0 aromatic carbocycles. The number of nitrogens with one attached hydrogen (secondary N) is 3. The minimum Gasteiger partial charge on any atom is -0.465 e. The number of carbonyl (C=O) groups excluding carboxylic acids is 3. The number of aliphatic hydroxyl groups is 1. The van der Waals surface area contributed by atoms with E-state index in [9.17, 15) is 24.3 Å². The maximum atomic E-state index is 12.1. The number of carbonyl (C=O) groups is 4. The van der Waals surface area contributed by atoms with Gasteiger partial charge >= 0.3 is 6.09 Å². The van der Waals surface area contributed by atoms with Gasteiger partial charge in [-0.15, -0.1) is 0 Å². The van der Waals surface area contributed by atoms with Gasteiger partial charge in [0.25, 0.3) is 5.91 Å². The molecule has 0 aliphatic heterocycles. The van der Waals surface area contributed by atoms with Crippen molar-refractivity contribution in [3.8, 4) is 0 Å². The number of aliphatic hydroxyl groups excluding tert-OH is 1. The Hall–Kier alpha value is -2.36. The van der Waals surface area contributed by atoms with E-state index >= 15 is 0 Å². The average Bonchev–Trinajstić information content (AvgIpc) is 2.54. The molecule has 5 N–H and O–H groups in total. The third-order valence-electron chi connectivity index (χ3n) is 3.67. The molecule has 0 heterocycles. The van der Waals surface area contributed by atoms with Crippen molar-refractivity contribution in [2.24, 2.45) is 5.92 Å². The summed E-state index contributed by atoms with van der Waals surface area (Å²) in [7, 11) is 3.15. The summed E-state index contributed by atoms with van der Waals surface area (Å²) in [5.74, 6) is -1.87. The lowest BCUT2D eigenvalue weighted by Crippen LogP contribution is -2.54. The van der Waals surface area contributed by atoms with E-state index in [1.807, 2.05) is 0 Å². The van der Waals surface area contributed by atoms with Crippen molar-refractivity contribution in [1.29, 1.82) is 0 Å². The first kappa shape index (κ1) is 23.6. The highest BCUT2D eigenvalue weighted by Gasteiger charge is 2.28. The highest BCUT2D eigenvalue weighted by Crippen LogP contribution is 2.05. The minimum absolute atomic E-state index is 0.149. The Kier molecular flexibility index (Phi) is 10.3. The molecule has 10 nitrogen and oxygen atoms in total. The van der Waals surface area contributed by atoms with Gasteiger partial charge in [0.2, 0.25) is 11.8 Å². The van der Waals surface area contributed by atoms with Crippen molar-refractivity contribution < 1.29 is 29.4 Å². The zero-order valence-corrected chi connectivity index (χ0v) is 15.9. The molecule has 4 amide bonds. The number of hydrogen-bond donors (Lipinski definition) is 5. The second-order valence-corrected chi connectivity index (χ2v) is 6.53. The minimum atomic E-state index is -1.62. The first-order valence-corrected chi connectivity index (χ1v) is 8.46. The summed E-state index contributed by atoms with van der Waals surface area (Å²) in [5.41, 5.74) is 0. The van der Waals surface area contributed by atoms with Crippen LogP contribution in [0.4, 0.5) is 4.79 Å². The fraction of sp³-hybridized carbons (Fsp3) is 0.750. The first-order valence-electron chi connectivity index (χ1n) is 8.46. The van der Waals surface area contributed by atoms with Crippen LogP contribution in [0.5, 0.6) is 0 Å². The third kappa shape index (κ3) is 8.15. The van der Waals surface area contributed by atoms with E-state index in [4.69, 9.17) is 5.11 Å². The van der Waals surface area contributed by atoms with Crippen molar-refractivity contribution in [2.45, 2.75) is 51.8 Å². The Morgan fingerprint density at radius 2 is 1.65 bits per heavy atom. The Balaban J connectivity index is 4.70. The fourth-order valence-electron chi connectivity index (χ4n) is 2.25. The topological polar surface area (TPSA) is 148 Å². The monoisotopic (exact) mass is 374 g/mol. The largest absolute Gasteiger partial charge is 0.465 e. The van der Waals surface area contributed by atoms with Gasteiger partial charge in [0, 0.05) is 14.1 Å². The molecule has 150 valence electrons. The summed E-state index contributed by atoms with van der Waals surface area (Å²) >= 11 is 0. The highest BCUT2D eigenvalue weighted by molar-refractivity contribution is 5.91. The Labute approximate surface area is 153 Å². The summed E-state index contributed by atoms with van der Waals surface area (Å²) in [6.07, 6.45) is -2.16. The van der Waals surface area contributed by atoms with Gasteiger partial charge in [-0.05, 0) is 12.3 Å². The fourth-order valence-corrected chi connectivity index (χ4v) is 2.25. The van der Waals surface area contributed by atoms with Crippen LogP contribution in [0, 0.1) is 5.92 Å². The molecule has 0 radical (unpaired) electrons. The van der Waals surface area contributed by atoms with Crippen LogP contribution < -0.4 is 16.0 Å². The first-order chi connectivity index (χ1) is 12.0. The molecular formula is C16H30N4O6. The summed E-state index contributed by atoms with van der Waals surface area (Å²) in [6, 6.07) is -1.71. The number of amides is 4. The SMILES string of the molecule is CCC[C@H](NC(=O)O)C(O)C(=O)NCC(=O)N[C@H](C(=O)N(C)C)C(C)C. The van der Waals surface area contributed by atoms with E-state index in [-0.39, 0.29) is 18.2 Å². The number of hydrogen-bond acceptors (Lipinski definition) is 5. The molecule has 0 saturated heterocycles. The zero-order chi connectivity index (χ0) is 20.4. The predicted molar refractivity (Wildman–Crippen MR) is 94.3 cm³/mol. The van der Waals surface area contributed by atoms with Crippen molar-refractivity contribution in [3.05, 3.63) is 0 Å². The molecule has 1 unspecified atom stereocenters. The lowest BCUT2D eigenvalue weighted by Gasteiger charge is -2.25. The standard InChI is InChI=1S/C16H30N4O6/c1-6-7-10(18-16(25)26)13(22)14(23)17-8-11(21)19-12(9(2)3)15(24)20(4)5/h9-10,12-13,18,22H,6-8H2,1-5H3,(H,17,23)(H,19,21)(H,25,26)/t10-,12-,13?/m0/s1. The normalized spacial score (nSPS) is 14.1. The maximum absolute atomic E-state index is 12.1. The molecule has 0 bridgehead atoms. The van der Waals surface area contributed by atoms with Crippen molar-refractivity contribution in [3.63, 3.8) is 0 Å². The molecule has 0 spiro atoms. The van der Waals surface area contributed by atoms with Crippen molar-refractivity contribution in [2.75, 3.05) is 20.6 Å². The predicted octanol–water partition coefficient (Wildman–Crippen LogP) is -0.871. The maximum Gasteiger partial charge on any atom is 0.404 e. The number of likely N-dealkylation sites (N-methyl/N-ethyl adjacent to an activating group) is 1. The summed E-state index contributed by atoms with van der Waals surface area (Å²) in [6.45, 7) is 4.90. The van der Waals surface area contributed by atoms with Crippen molar-refractivity contribution in [1.82, 2.24) is 20.9 Å². The van der Waals surface area contributed by atoms with E-state index in [2.05, 4.69) is 16.0 Å². The second kappa shape index (κ2) is 11.3. The van der Waals surface area contributed by atoms with Crippen LogP contribution in [0.15, 0.2) is 0 Å². The Bertz CT molecular complexity index is 509. The quantitative estimate of drug-likeness (QED) is 0.336. The zero-order valence-electron chi connectivity index (χ0n) is 15.9. The highest BCUT2D eigenvalue weighted by atomic mass is 16.4. The van der Waals surface area contributed by atoms with Gasteiger partial charge in [-0.3, -0.25) is 14.4 Å². The van der Waals surface area contributed by atoms with Crippen LogP contribution in [0.2, 0.25) is 0 Å². The molecule has 0 aliphatic carbocycles. The molecule has 0 aliphatic rings. The number of nitrogens with zero attached hydrogens (tertiary/aromatic N) is 1.